The minimum absolute atomic E-state index is 0.0201. The highest BCUT2D eigenvalue weighted by Crippen LogP contribution is 2.24. The monoisotopic (exact) mass is 280 g/mol. The van der Waals surface area contributed by atoms with Crippen molar-refractivity contribution in [1.29, 1.82) is 0 Å². The molecule has 2 N–H and O–H groups in total. The molecule has 0 bridgehead atoms. The van der Waals surface area contributed by atoms with Crippen molar-refractivity contribution in [1.82, 2.24) is 20.4 Å². The lowest BCUT2D eigenvalue weighted by molar-refractivity contribution is -0.130. The minimum Gasteiger partial charge on any atom is -0.379 e. The Kier molecular flexibility index (Phi) is 5.14. The molecule has 0 saturated carbocycles. The SMILES string of the molecule is COC(C(C)C(=O)NCc1ccn[nH]1)C1CCCN1C. The number of likely N-dealkylation sites (tertiary alicyclic amines) is 1. The molecule has 1 fully saturated rings. The van der Waals surface area contributed by atoms with Gasteiger partial charge in [0.1, 0.15) is 0 Å². The van der Waals surface area contributed by atoms with Crippen LogP contribution in [0.4, 0.5) is 0 Å². The summed E-state index contributed by atoms with van der Waals surface area (Å²) in [5.41, 5.74) is 0.900. The summed E-state index contributed by atoms with van der Waals surface area (Å²) < 4.78 is 5.60. The number of aromatic nitrogens is 2. The quantitative estimate of drug-likeness (QED) is 0.807. The smallest absolute Gasteiger partial charge is 0.225 e. The van der Waals surface area contributed by atoms with Crippen LogP contribution in [0.3, 0.4) is 0 Å². The summed E-state index contributed by atoms with van der Waals surface area (Å²) in [6, 6.07) is 2.18. The van der Waals surface area contributed by atoms with Crippen LogP contribution in [0.5, 0.6) is 0 Å². The fourth-order valence-corrected chi connectivity index (χ4v) is 2.92. The average Bonchev–Trinajstić information content (AvgIpc) is 3.09. The van der Waals surface area contributed by atoms with Gasteiger partial charge >= 0.3 is 0 Å². The maximum Gasteiger partial charge on any atom is 0.225 e. The summed E-state index contributed by atoms with van der Waals surface area (Å²) in [5, 5.41) is 9.62. The number of carbonyl (C=O) groups excluding carboxylic acids is 1. The van der Waals surface area contributed by atoms with Gasteiger partial charge in [-0.2, -0.15) is 5.10 Å². The van der Waals surface area contributed by atoms with Gasteiger partial charge in [-0.3, -0.25) is 9.89 Å². The molecular weight excluding hydrogens is 256 g/mol. The predicted octanol–water partition coefficient (Wildman–Crippen LogP) is 0.771. The van der Waals surface area contributed by atoms with Crippen LogP contribution in [0.2, 0.25) is 0 Å². The lowest BCUT2D eigenvalue weighted by atomic mass is 9.95. The summed E-state index contributed by atoms with van der Waals surface area (Å²) in [5.74, 6) is -0.153. The number of nitrogens with one attached hydrogen (secondary N) is 2. The van der Waals surface area contributed by atoms with Gasteiger partial charge in [-0.25, -0.2) is 0 Å². The van der Waals surface area contributed by atoms with Gasteiger partial charge in [-0.05, 0) is 32.5 Å². The number of ether oxygens (including phenoxy) is 1. The number of carbonyl (C=O) groups is 1. The van der Waals surface area contributed by atoms with Crippen molar-refractivity contribution in [3.63, 3.8) is 0 Å². The first-order valence-electron chi connectivity index (χ1n) is 7.12. The molecule has 0 aromatic carbocycles. The zero-order valence-electron chi connectivity index (χ0n) is 12.4. The van der Waals surface area contributed by atoms with E-state index in [9.17, 15) is 4.79 Å². The van der Waals surface area contributed by atoms with Gasteiger partial charge in [-0.15, -0.1) is 0 Å². The van der Waals surface area contributed by atoms with E-state index in [4.69, 9.17) is 4.74 Å². The van der Waals surface area contributed by atoms with Crippen LogP contribution in [0.15, 0.2) is 12.3 Å². The van der Waals surface area contributed by atoms with Gasteiger partial charge < -0.3 is 15.0 Å². The van der Waals surface area contributed by atoms with Crippen molar-refractivity contribution in [2.75, 3.05) is 20.7 Å². The zero-order chi connectivity index (χ0) is 14.5. The standard InChI is InChI=1S/C14H24N4O2/c1-10(13(20-3)12-5-4-8-18(12)2)14(19)15-9-11-6-7-16-17-11/h6-7,10,12-13H,4-5,8-9H2,1-3H3,(H,15,19)(H,16,17). The molecule has 1 aromatic rings. The molecule has 1 saturated heterocycles. The van der Waals surface area contributed by atoms with E-state index >= 15 is 0 Å². The summed E-state index contributed by atoms with van der Waals surface area (Å²) in [4.78, 5) is 14.5. The summed E-state index contributed by atoms with van der Waals surface area (Å²) in [6.45, 7) is 3.48. The number of likely N-dealkylation sites (N-methyl/N-ethyl adjacent to an activating group) is 1. The van der Waals surface area contributed by atoms with Gasteiger partial charge in [-0.1, -0.05) is 6.92 Å². The second kappa shape index (κ2) is 6.85. The van der Waals surface area contributed by atoms with Gasteiger partial charge in [0.05, 0.1) is 24.3 Å². The number of nitrogens with zero attached hydrogens (tertiary/aromatic N) is 2. The second-order valence-electron chi connectivity index (χ2n) is 5.48. The Hall–Kier alpha value is -1.40. The van der Waals surface area contributed by atoms with Crippen LogP contribution in [0, 0.1) is 5.92 Å². The molecule has 6 heteroatoms. The minimum atomic E-state index is -0.173. The molecule has 1 aliphatic heterocycles. The average molecular weight is 280 g/mol. The Labute approximate surface area is 119 Å². The maximum absolute atomic E-state index is 12.3. The molecule has 1 amide bonds. The molecule has 20 heavy (non-hydrogen) atoms. The van der Waals surface area contributed by atoms with E-state index < -0.39 is 0 Å². The highest BCUT2D eigenvalue weighted by Gasteiger charge is 2.35. The molecule has 0 radical (unpaired) electrons. The number of hydrogen-bond acceptors (Lipinski definition) is 4. The zero-order valence-corrected chi connectivity index (χ0v) is 12.4. The number of aromatic amines is 1. The number of hydrogen-bond donors (Lipinski definition) is 2. The van der Waals surface area contributed by atoms with Gasteiger partial charge in [0, 0.05) is 19.3 Å². The van der Waals surface area contributed by atoms with Crippen molar-refractivity contribution in [2.45, 2.75) is 38.5 Å². The maximum atomic E-state index is 12.3. The van der Waals surface area contributed by atoms with E-state index in [0.717, 1.165) is 18.7 Å². The molecule has 112 valence electrons. The molecule has 1 aromatic heterocycles. The van der Waals surface area contributed by atoms with Crippen molar-refractivity contribution in [2.24, 2.45) is 5.92 Å². The topological polar surface area (TPSA) is 70.2 Å². The summed E-state index contributed by atoms with van der Waals surface area (Å²) >= 11 is 0. The van der Waals surface area contributed by atoms with E-state index in [-0.39, 0.29) is 17.9 Å². The van der Waals surface area contributed by atoms with Crippen LogP contribution in [-0.4, -0.2) is 53.9 Å². The number of methoxy groups -OCH3 is 1. The first-order valence-corrected chi connectivity index (χ1v) is 7.12. The Morgan fingerprint density at radius 1 is 1.70 bits per heavy atom. The summed E-state index contributed by atoms with van der Waals surface area (Å²) in [7, 11) is 3.79. The Morgan fingerprint density at radius 3 is 3.05 bits per heavy atom. The molecule has 1 aliphatic rings. The Bertz CT molecular complexity index is 421. The van der Waals surface area contributed by atoms with Crippen molar-refractivity contribution >= 4 is 5.91 Å². The fourth-order valence-electron chi connectivity index (χ4n) is 2.92. The van der Waals surface area contributed by atoms with Gasteiger partial charge in [0.2, 0.25) is 5.91 Å². The van der Waals surface area contributed by atoms with Crippen LogP contribution in [0.25, 0.3) is 0 Å². The third-order valence-corrected chi connectivity index (χ3v) is 4.15. The van der Waals surface area contributed by atoms with Crippen molar-refractivity contribution in [3.05, 3.63) is 18.0 Å². The molecule has 2 heterocycles. The molecule has 0 spiro atoms. The molecule has 0 aliphatic carbocycles. The molecule has 6 nitrogen and oxygen atoms in total. The number of rotatable bonds is 6. The van der Waals surface area contributed by atoms with E-state index in [0.29, 0.717) is 12.6 Å². The van der Waals surface area contributed by atoms with E-state index in [1.165, 1.54) is 6.42 Å². The molecule has 3 unspecified atom stereocenters. The second-order valence-corrected chi connectivity index (χ2v) is 5.48. The van der Waals surface area contributed by atoms with Crippen molar-refractivity contribution < 1.29 is 9.53 Å². The Morgan fingerprint density at radius 2 is 2.50 bits per heavy atom. The van der Waals surface area contributed by atoms with Gasteiger partial charge in [0.15, 0.2) is 0 Å². The molecule has 2 rings (SSSR count). The largest absolute Gasteiger partial charge is 0.379 e. The lowest BCUT2D eigenvalue weighted by Gasteiger charge is -2.31. The van der Waals surface area contributed by atoms with E-state index in [1.54, 1.807) is 13.3 Å². The van der Waals surface area contributed by atoms with Crippen LogP contribution >= 0.6 is 0 Å². The highest BCUT2D eigenvalue weighted by atomic mass is 16.5. The Balaban J connectivity index is 1.90. The molecular formula is C14H24N4O2. The fraction of sp³-hybridized carbons (Fsp3) is 0.714. The van der Waals surface area contributed by atoms with Crippen LogP contribution < -0.4 is 5.32 Å². The van der Waals surface area contributed by atoms with Crippen LogP contribution in [-0.2, 0) is 16.1 Å². The first kappa shape index (κ1) is 15.0. The van der Waals surface area contributed by atoms with E-state index in [2.05, 4.69) is 27.5 Å². The third-order valence-electron chi connectivity index (χ3n) is 4.15. The lowest BCUT2D eigenvalue weighted by Crippen LogP contribution is -2.46. The number of H-pyrrole nitrogens is 1. The number of amides is 1. The van der Waals surface area contributed by atoms with E-state index in [1.807, 2.05) is 13.0 Å². The first-order chi connectivity index (χ1) is 9.63. The van der Waals surface area contributed by atoms with Gasteiger partial charge in [0.25, 0.3) is 0 Å². The molecule has 3 atom stereocenters. The van der Waals surface area contributed by atoms with Crippen molar-refractivity contribution in [3.8, 4) is 0 Å². The highest BCUT2D eigenvalue weighted by molar-refractivity contribution is 5.78. The third kappa shape index (κ3) is 3.37. The van der Waals surface area contributed by atoms with Crippen LogP contribution in [0.1, 0.15) is 25.5 Å². The predicted molar refractivity (Wildman–Crippen MR) is 76.0 cm³/mol. The summed E-state index contributed by atoms with van der Waals surface area (Å²) in [6.07, 6.45) is 3.87. The normalized spacial score (nSPS) is 22.6.